The SMILES string of the molecule is COCCN(Cc1ccc2c(c1)CNC2)CC(C)C. The Bertz CT molecular complexity index is 404. The quantitative estimate of drug-likeness (QED) is 0.816. The van der Waals surface area contributed by atoms with Crippen molar-refractivity contribution in [2.24, 2.45) is 5.92 Å². The molecule has 1 aliphatic rings. The molecule has 3 nitrogen and oxygen atoms in total. The second kappa shape index (κ2) is 7.04. The molecular formula is C16H26N2O. The Hall–Kier alpha value is -0.900. The highest BCUT2D eigenvalue weighted by Crippen LogP contribution is 2.18. The van der Waals surface area contributed by atoms with Gasteiger partial charge in [-0.25, -0.2) is 0 Å². The van der Waals surface area contributed by atoms with Crippen LogP contribution in [0, 0.1) is 5.92 Å². The summed E-state index contributed by atoms with van der Waals surface area (Å²) < 4.78 is 5.21. The fourth-order valence-corrected chi connectivity index (χ4v) is 2.68. The topological polar surface area (TPSA) is 24.5 Å². The van der Waals surface area contributed by atoms with E-state index in [1.54, 1.807) is 7.11 Å². The molecule has 1 aliphatic heterocycles. The van der Waals surface area contributed by atoms with E-state index in [9.17, 15) is 0 Å². The lowest BCUT2D eigenvalue weighted by Gasteiger charge is -2.24. The number of nitrogens with one attached hydrogen (secondary N) is 1. The van der Waals surface area contributed by atoms with Crippen molar-refractivity contribution >= 4 is 0 Å². The average molecular weight is 262 g/mol. The molecule has 3 heteroatoms. The molecule has 0 radical (unpaired) electrons. The minimum atomic E-state index is 0.688. The van der Waals surface area contributed by atoms with Crippen molar-refractivity contribution in [3.05, 3.63) is 34.9 Å². The lowest BCUT2D eigenvalue weighted by molar-refractivity contribution is 0.136. The number of ether oxygens (including phenoxy) is 1. The van der Waals surface area contributed by atoms with Crippen LogP contribution in [0.25, 0.3) is 0 Å². The predicted octanol–water partition coefficient (Wildman–Crippen LogP) is 2.39. The molecule has 0 saturated heterocycles. The summed E-state index contributed by atoms with van der Waals surface area (Å²) in [5.74, 6) is 0.688. The van der Waals surface area contributed by atoms with Crippen LogP contribution in [0.2, 0.25) is 0 Å². The van der Waals surface area contributed by atoms with Crippen LogP contribution in [-0.2, 0) is 24.4 Å². The van der Waals surface area contributed by atoms with Gasteiger partial charge in [-0.1, -0.05) is 32.0 Å². The van der Waals surface area contributed by atoms with Crippen LogP contribution in [0.5, 0.6) is 0 Å². The molecule has 1 aromatic rings. The second-order valence-electron chi connectivity index (χ2n) is 5.83. The smallest absolute Gasteiger partial charge is 0.0589 e. The molecule has 0 spiro atoms. The highest BCUT2D eigenvalue weighted by atomic mass is 16.5. The molecule has 1 aromatic carbocycles. The molecule has 0 aliphatic carbocycles. The van der Waals surface area contributed by atoms with E-state index in [0.717, 1.165) is 39.3 Å². The average Bonchev–Trinajstić information content (AvgIpc) is 2.82. The van der Waals surface area contributed by atoms with Crippen molar-refractivity contribution in [2.45, 2.75) is 33.5 Å². The van der Waals surface area contributed by atoms with Crippen LogP contribution >= 0.6 is 0 Å². The Morgan fingerprint density at radius 2 is 2.05 bits per heavy atom. The zero-order valence-corrected chi connectivity index (χ0v) is 12.4. The molecule has 0 atom stereocenters. The molecular weight excluding hydrogens is 236 g/mol. The van der Waals surface area contributed by atoms with E-state index in [0.29, 0.717) is 5.92 Å². The predicted molar refractivity (Wildman–Crippen MR) is 79.0 cm³/mol. The van der Waals surface area contributed by atoms with Gasteiger partial charge in [0.25, 0.3) is 0 Å². The van der Waals surface area contributed by atoms with E-state index >= 15 is 0 Å². The summed E-state index contributed by atoms with van der Waals surface area (Å²) in [4.78, 5) is 2.48. The minimum absolute atomic E-state index is 0.688. The molecule has 0 unspecified atom stereocenters. The summed E-state index contributed by atoms with van der Waals surface area (Å²) in [5, 5.41) is 3.40. The normalized spacial score (nSPS) is 14.4. The number of methoxy groups -OCH3 is 1. The standard InChI is InChI=1S/C16H26N2O/c1-13(2)11-18(6-7-19-3)12-14-4-5-15-9-17-10-16(15)8-14/h4-5,8,13,17H,6-7,9-12H2,1-3H3. The van der Waals surface area contributed by atoms with E-state index in [2.05, 4.69) is 42.3 Å². The number of hydrogen-bond acceptors (Lipinski definition) is 3. The number of nitrogens with zero attached hydrogens (tertiary/aromatic N) is 1. The van der Waals surface area contributed by atoms with Gasteiger partial charge in [-0.2, -0.15) is 0 Å². The van der Waals surface area contributed by atoms with Gasteiger partial charge >= 0.3 is 0 Å². The maximum atomic E-state index is 5.21. The van der Waals surface area contributed by atoms with E-state index in [4.69, 9.17) is 4.74 Å². The number of fused-ring (bicyclic) bond motifs is 1. The van der Waals surface area contributed by atoms with Gasteiger partial charge in [0.15, 0.2) is 0 Å². The van der Waals surface area contributed by atoms with E-state index in [1.807, 2.05) is 0 Å². The molecule has 0 fully saturated rings. The summed E-state index contributed by atoms with van der Waals surface area (Å²) >= 11 is 0. The van der Waals surface area contributed by atoms with Crippen molar-refractivity contribution in [1.82, 2.24) is 10.2 Å². The Balaban J connectivity index is 1.99. The first-order valence-electron chi connectivity index (χ1n) is 7.21. The van der Waals surface area contributed by atoms with Crippen molar-refractivity contribution in [3.8, 4) is 0 Å². The minimum Gasteiger partial charge on any atom is -0.383 e. The van der Waals surface area contributed by atoms with Gasteiger partial charge in [-0.05, 0) is 22.6 Å². The zero-order valence-electron chi connectivity index (χ0n) is 12.4. The first-order valence-corrected chi connectivity index (χ1v) is 7.21. The third-order valence-corrected chi connectivity index (χ3v) is 3.54. The zero-order chi connectivity index (χ0) is 13.7. The lowest BCUT2D eigenvalue weighted by atomic mass is 10.1. The van der Waals surface area contributed by atoms with Crippen LogP contribution in [0.1, 0.15) is 30.5 Å². The van der Waals surface area contributed by atoms with Crippen LogP contribution in [0.3, 0.4) is 0 Å². The van der Waals surface area contributed by atoms with Gasteiger partial charge in [0, 0.05) is 39.8 Å². The third-order valence-electron chi connectivity index (χ3n) is 3.54. The monoisotopic (exact) mass is 262 g/mol. The number of benzene rings is 1. The largest absolute Gasteiger partial charge is 0.383 e. The van der Waals surface area contributed by atoms with Crippen molar-refractivity contribution in [1.29, 1.82) is 0 Å². The molecule has 0 aromatic heterocycles. The molecule has 1 N–H and O–H groups in total. The summed E-state index contributed by atoms with van der Waals surface area (Å²) in [7, 11) is 1.77. The maximum absolute atomic E-state index is 5.21. The Kier molecular flexibility index (Phi) is 5.37. The van der Waals surface area contributed by atoms with Crippen LogP contribution < -0.4 is 5.32 Å². The molecule has 106 valence electrons. The summed E-state index contributed by atoms with van der Waals surface area (Å²) in [6.45, 7) is 10.5. The van der Waals surface area contributed by atoms with Crippen molar-refractivity contribution in [2.75, 3.05) is 26.8 Å². The maximum Gasteiger partial charge on any atom is 0.0589 e. The number of rotatable bonds is 7. The molecule has 0 amide bonds. The molecule has 0 saturated carbocycles. The summed E-state index contributed by atoms with van der Waals surface area (Å²) in [5.41, 5.74) is 4.34. The van der Waals surface area contributed by atoms with Gasteiger partial charge in [-0.15, -0.1) is 0 Å². The van der Waals surface area contributed by atoms with Gasteiger partial charge in [0.1, 0.15) is 0 Å². The Labute approximate surface area is 116 Å². The van der Waals surface area contributed by atoms with Crippen LogP contribution in [0.15, 0.2) is 18.2 Å². The first kappa shape index (κ1) is 14.5. The second-order valence-corrected chi connectivity index (χ2v) is 5.83. The van der Waals surface area contributed by atoms with Gasteiger partial charge in [-0.3, -0.25) is 4.90 Å². The van der Waals surface area contributed by atoms with Crippen molar-refractivity contribution < 1.29 is 4.74 Å². The van der Waals surface area contributed by atoms with E-state index < -0.39 is 0 Å². The van der Waals surface area contributed by atoms with Crippen LogP contribution in [-0.4, -0.2) is 31.7 Å². The number of hydrogen-bond donors (Lipinski definition) is 1. The molecule has 0 bridgehead atoms. The van der Waals surface area contributed by atoms with Gasteiger partial charge in [0.05, 0.1) is 6.61 Å². The fourth-order valence-electron chi connectivity index (χ4n) is 2.68. The van der Waals surface area contributed by atoms with Gasteiger partial charge in [0.2, 0.25) is 0 Å². The summed E-state index contributed by atoms with van der Waals surface area (Å²) in [6, 6.07) is 6.90. The molecule has 1 heterocycles. The molecule has 2 rings (SSSR count). The Morgan fingerprint density at radius 3 is 2.79 bits per heavy atom. The molecule has 19 heavy (non-hydrogen) atoms. The summed E-state index contributed by atoms with van der Waals surface area (Å²) in [6.07, 6.45) is 0. The first-order chi connectivity index (χ1) is 9.19. The van der Waals surface area contributed by atoms with Crippen LogP contribution in [0.4, 0.5) is 0 Å². The Morgan fingerprint density at radius 1 is 1.26 bits per heavy atom. The van der Waals surface area contributed by atoms with Gasteiger partial charge < -0.3 is 10.1 Å². The fraction of sp³-hybridized carbons (Fsp3) is 0.625. The van der Waals surface area contributed by atoms with E-state index in [1.165, 1.54) is 16.7 Å². The third kappa shape index (κ3) is 4.30. The van der Waals surface area contributed by atoms with Crippen molar-refractivity contribution in [3.63, 3.8) is 0 Å². The lowest BCUT2D eigenvalue weighted by Crippen LogP contribution is -2.30. The highest BCUT2D eigenvalue weighted by Gasteiger charge is 2.12. The highest BCUT2D eigenvalue weighted by molar-refractivity contribution is 5.34. The van der Waals surface area contributed by atoms with E-state index in [-0.39, 0.29) is 0 Å².